The lowest BCUT2D eigenvalue weighted by atomic mass is 9.81. The molecule has 0 spiro atoms. The first-order chi connectivity index (χ1) is 12.6. The van der Waals surface area contributed by atoms with Crippen LogP contribution in [0.2, 0.25) is 5.02 Å². The Morgan fingerprint density at radius 2 is 1.92 bits per heavy atom. The van der Waals surface area contributed by atoms with E-state index >= 15 is 0 Å². The molecule has 0 radical (unpaired) electrons. The molecule has 128 valence electrons. The number of benzene rings is 2. The van der Waals surface area contributed by atoms with Gasteiger partial charge in [0.05, 0.1) is 17.2 Å². The predicted molar refractivity (Wildman–Crippen MR) is 99.5 cm³/mol. The molecule has 1 atom stereocenters. The van der Waals surface area contributed by atoms with Crippen molar-refractivity contribution < 1.29 is 4.74 Å². The van der Waals surface area contributed by atoms with E-state index in [1.54, 1.807) is 0 Å². The molecule has 1 aromatic heterocycles. The van der Waals surface area contributed by atoms with Crippen molar-refractivity contribution in [2.24, 2.45) is 5.73 Å². The van der Waals surface area contributed by atoms with E-state index in [-0.39, 0.29) is 11.8 Å². The van der Waals surface area contributed by atoms with Gasteiger partial charge in [0.15, 0.2) is 0 Å². The van der Waals surface area contributed by atoms with E-state index in [0.29, 0.717) is 16.5 Å². The first-order valence-corrected chi connectivity index (χ1v) is 8.45. The molecular formula is C20H15ClN4O. The monoisotopic (exact) mass is 362 g/mol. The average molecular weight is 363 g/mol. The minimum atomic E-state index is -0.352. The number of hydrogen-bond donors (Lipinski definition) is 2. The molecular weight excluding hydrogens is 348 g/mol. The first-order valence-electron chi connectivity index (χ1n) is 8.07. The van der Waals surface area contributed by atoms with Gasteiger partial charge in [-0.3, -0.25) is 5.10 Å². The van der Waals surface area contributed by atoms with Crippen molar-refractivity contribution in [3.8, 4) is 23.2 Å². The highest BCUT2D eigenvalue weighted by molar-refractivity contribution is 6.30. The van der Waals surface area contributed by atoms with E-state index in [0.717, 1.165) is 27.9 Å². The molecule has 2 aromatic carbocycles. The molecule has 0 bridgehead atoms. The Bertz CT molecular complexity index is 1060. The quantitative estimate of drug-likeness (QED) is 0.713. The van der Waals surface area contributed by atoms with Crippen LogP contribution >= 0.6 is 11.6 Å². The summed E-state index contributed by atoms with van der Waals surface area (Å²) < 4.78 is 5.62. The van der Waals surface area contributed by atoms with Gasteiger partial charge in [-0.25, -0.2) is 0 Å². The summed E-state index contributed by atoms with van der Waals surface area (Å²) in [5.74, 6) is 0.122. The fourth-order valence-corrected chi connectivity index (χ4v) is 3.43. The summed E-state index contributed by atoms with van der Waals surface area (Å²) in [6.45, 7) is 2.01. The molecule has 1 unspecified atom stereocenters. The Kier molecular flexibility index (Phi) is 3.90. The molecule has 5 nitrogen and oxygen atoms in total. The smallest absolute Gasteiger partial charge is 0.244 e. The molecule has 0 amide bonds. The van der Waals surface area contributed by atoms with Crippen LogP contribution in [0.25, 0.3) is 11.3 Å². The first kappa shape index (κ1) is 16.2. The number of rotatable bonds is 2. The average Bonchev–Trinajstić information content (AvgIpc) is 3.05. The Hall–Kier alpha value is -3.23. The van der Waals surface area contributed by atoms with Gasteiger partial charge in [-0.1, -0.05) is 48.0 Å². The minimum Gasteiger partial charge on any atom is -0.420 e. The van der Waals surface area contributed by atoms with E-state index in [4.69, 9.17) is 22.1 Å². The maximum atomic E-state index is 9.73. The second-order valence-electron chi connectivity index (χ2n) is 6.11. The van der Waals surface area contributed by atoms with Gasteiger partial charge in [0.2, 0.25) is 11.8 Å². The van der Waals surface area contributed by atoms with E-state index in [9.17, 15) is 5.26 Å². The van der Waals surface area contributed by atoms with Gasteiger partial charge >= 0.3 is 0 Å². The Labute approximate surface area is 155 Å². The standard InChI is InChI=1S/C20H15ClN4O/c1-11-4-2-3-5-14(11)16-15(10-22)19(23)26-20-17(16)18(24-25-20)12-6-8-13(21)9-7-12/h2-9,16H,23H2,1H3,(H,24,25). The molecule has 1 aliphatic rings. The van der Waals surface area contributed by atoms with Gasteiger partial charge < -0.3 is 10.5 Å². The maximum Gasteiger partial charge on any atom is 0.244 e. The van der Waals surface area contributed by atoms with Crippen LogP contribution in [0.15, 0.2) is 60.0 Å². The third-order valence-corrected chi connectivity index (χ3v) is 4.82. The number of nitrogens with two attached hydrogens (primary N) is 1. The summed E-state index contributed by atoms with van der Waals surface area (Å²) in [5.41, 5.74) is 10.9. The Morgan fingerprint density at radius 3 is 2.62 bits per heavy atom. The van der Waals surface area contributed by atoms with Crippen molar-refractivity contribution in [3.63, 3.8) is 0 Å². The number of aryl methyl sites for hydroxylation is 1. The number of fused-ring (bicyclic) bond motifs is 1. The van der Waals surface area contributed by atoms with Gasteiger partial charge in [0.25, 0.3) is 0 Å². The second kappa shape index (κ2) is 6.25. The van der Waals surface area contributed by atoms with Crippen LogP contribution in [-0.4, -0.2) is 10.2 Å². The molecule has 0 saturated heterocycles. The van der Waals surface area contributed by atoms with Gasteiger partial charge in [-0.05, 0) is 30.2 Å². The molecule has 26 heavy (non-hydrogen) atoms. The largest absolute Gasteiger partial charge is 0.420 e. The number of H-pyrrole nitrogens is 1. The number of nitrogens with one attached hydrogen (secondary N) is 1. The second-order valence-corrected chi connectivity index (χ2v) is 6.54. The van der Waals surface area contributed by atoms with Gasteiger partial charge in [-0.2, -0.15) is 5.26 Å². The minimum absolute atomic E-state index is 0.0856. The van der Waals surface area contributed by atoms with E-state index in [2.05, 4.69) is 16.3 Å². The number of nitrogens with zero attached hydrogens (tertiary/aromatic N) is 2. The highest BCUT2D eigenvalue weighted by Crippen LogP contribution is 2.46. The molecule has 0 saturated carbocycles. The summed E-state index contributed by atoms with van der Waals surface area (Å²) in [6, 6.07) is 17.6. The summed E-state index contributed by atoms with van der Waals surface area (Å²) in [7, 11) is 0. The van der Waals surface area contributed by atoms with Crippen LogP contribution < -0.4 is 10.5 Å². The summed E-state index contributed by atoms with van der Waals surface area (Å²) in [6.07, 6.45) is 0. The zero-order valence-electron chi connectivity index (χ0n) is 14.0. The topological polar surface area (TPSA) is 87.7 Å². The molecule has 3 N–H and O–H groups in total. The van der Waals surface area contributed by atoms with Crippen LogP contribution in [0, 0.1) is 18.3 Å². The summed E-state index contributed by atoms with van der Waals surface area (Å²) in [4.78, 5) is 0. The van der Waals surface area contributed by atoms with Crippen LogP contribution in [0.3, 0.4) is 0 Å². The molecule has 2 heterocycles. The molecule has 3 aromatic rings. The van der Waals surface area contributed by atoms with Crippen molar-refractivity contribution in [1.29, 1.82) is 5.26 Å². The van der Waals surface area contributed by atoms with Crippen molar-refractivity contribution in [1.82, 2.24) is 10.2 Å². The summed E-state index contributed by atoms with van der Waals surface area (Å²) >= 11 is 6.01. The normalized spacial score (nSPS) is 16.0. The number of halogens is 1. The number of hydrogen-bond acceptors (Lipinski definition) is 4. The fraction of sp³-hybridized carbons (Fsp3) is 0.100. The highest BCUT2D eigenvalue weighted by atomic mass is 35.5. The van der Waals surface area contributed by atoms with Gasteiger partial charge in [0, 0.05) is 10.6 Å². The third kappa shape index (κ3) is 2.52. The number of nitriles is 1. The third-order valence-electron chi connectivity index (χ3n) is 4.57. The van der Waals surface area contributed by atoms with Crippen molar-refractivity contribution in [2.45, 2.75) is 12.8 Å². The highest BCUT2D eigenvalue weighted by Gasteiger charge is 2.36. The van der Waals surface area contributed by atoms with Crippen molar-refractivity contribution >= 4 is 11.6 Å². The lowest BCUT2D eigenvalue weighted by Crippen LogP contribution is -2.21. The number of aromatic nitrogens is 2. The summed E-state index contributed by atoms with van der Waals surface area (Å²) in [5, 5.41) is 17.7. The maximum absolute atomic E-state index is 9.73. The Morgan fingerprint density at radius 1 is 1.19 bits per heavy atom. The van der Waals surface area contributed by atoms with Gasteiger partial charge in [0.1, 0.15) is 11.6 Å². The SMILES string of the molecule is Cc1ccccc1C1C(C#N)=C(N)Oc2n[nH]c(-c3ccc(Cl)cc3)c21. The zero-order chi connectivity index (χ0) is 18.3. The van der Waals surface area contributed by atoms with Gasteiger partial charge in [-0.15, -0.1) is 5.10 Å². The van der Waals surface area contributed by atoms with E-state index in [1.165, 1.54) is 0 Å². The van der Waals surface area contributed by atoms with E-state index < -0.39 is 0 Å². The zero-order valence-corrected chi connectivity index (χ0v) is 14.7. The van der Waals surface area contributed by atoms with Crippen LogP contribution in [0.1, 0.15) is 22.6 Å². The van der Waals surface area contributed by atoms with Crippen LogP contribution in [0.5, 0.6) is 5.88 Å². The molecule has 1 aliphatic heterocycles. The molecule has 0 aliphatic carbocycles. The van der Waals surface area contributed by atoms with Crippen molar-refractivity contribution in [2.75, 3.05) is 0 Å². The number of allylic oxidation sites excluding steroid dienone is 1. The van der Waals surface area contributed by atoms with Crippen molar-refractivity contribution in [3.05, 3.63) is 81.7 Å². The molecule has 0 fully saturated rings. The fourth-order valence-electron chi connectivity index (χ4n) is 3.30. The number of aromatic amines is 1. The lowest BCUT2D eigenvalue weighted by Gasteiger charge is -2.25. The molecule has 4 rings (SSSR count). The van der Waals surface area contributed by atoms with Crippen LogP contribution in [-0.2, 0) is 0 Å². The predicted octanol–water partition coefficient (Wildman–Crippen LogP) is 4.26. The molecule has 6 heteroatoms. The lowest BCUT2D eigenvalue weighted by molar-refractivity contribution is 0.379. The van der Waals surface area contributed by atoms with Crippen LogP contribution in [0.4, 0.5) is 0 Å². The van der Waals surface area contributed by atoms with E-state index in [1.807, 2.05) is 55.5 Å². The number of ether oxygens (including phenoxy) is 1. The Balaban J connectivity index is 1.97.